The van der Waals surface area contributed by atoms with E-state index in [1.807, 2.05) is 0 Å². The average molecular weight is 422 g/mol. The Balaban J connectivity index is 0.000000245. The maximum atomic E-state index is 13.7. The Labute approximate surface area is 173 Å². The first kappa shape index (κ1) is 19.9. The molecule has 0 saturated heterocycles. The number of nitrogen functional groups attached to an aromatic ring is 1. The molecule has 0 aliphatic rings. The number of nitrogens with zero attached hydrogens (tertiary/aromatic N) is 4. The molecule has 156 valence electrons. The Morgan fingerprint density at radius 2 is 1.84 bits per heavy atom. The lowest BCUT2D eigenvalue weighted by Gasteiger charge is -2.06. The summed E-state index contributed by atoms with van der Waals surface area (Å²) in [7, 11) is 0. The average Bonchev–Trinajstić information content (AvgIpc) is 3.24. The lowest BCUT2D eigenvalue weighted by atomic mass is 10.2. The summed E-state index contributed by atoms with van der Waals surface area (Å²) in [5.41, 5.74) is 6.83. The number of nitrogens with two attached hydrogens (primary N) is 1. The molecule has 0 saturated carbocycles. The molecule has 9 nitrogen and oxygen atoms in total. The highest BCUT2D eigenvalue weighted by molar-refractivity contribution is 5.82. The lowest BCUT2D eigenvalue weighted by Crippen LogP contribution is -2.16. The second kappa shape index (κ2) is 8.53. The Bertz CT molecular complexity index is 1380. The molecule has 5 rings (SSSR count). The van der Waals surface area contributed by atoms with Crippen molar-refractivity contribution in [2.45, 2.75) is 6.54 Å². The molecule has 0 aliphatic heterocycles. The summed E-state index contributed by atoms with van der Waals surface area (Å²) in [6, 6.07) is 10.0. The van der Waals surface area contributed by atoms with Gasteiger partial charge in [-0.2, -0.15) is 0 Å². The van der Waals surface area contributed by atoms with Crippen LogP contribution < -0.4 is 16.6 Å². The molecule has 0 aliphatic carbocycles. The largest absolute Gasteiger partial charge is 0.399 e. The van der Waals surface area contributed by atoms with Crippen molar-refractivity contribution in [1.82, 2.24) is 29.9 Å². The van der Waals surface area contributed by atoms with E-state index >= 15 is 0 Å². The zero-order chi connectivity index (χ0) is 21.8. The van der Waals surface area contributed by atoms with Crippen molar-refractivity contribution in [2.24, 2.45) is 0 Å². The van der Waals surface area contributed by atoms with Crippen molar-refractivity contribution in [3.05, 3.63) is 82.9 Å². The smallest absolute Gasteiger partial charge is 0.261 e. The van der Waals surface area contributed by atoms with Gasteiger partial charge in [0.05, 0.1) is 18.4 Å². The van der Waals surface area contributed by atoms with Crippen molar-refractivity contribution < 1.29 is 8.78 Å². The van der Waals surface area contributed by atoms with Crippen molar-refractivity contribution in [1.29, 1.82) is 0 Å². The van der Waals surface area contributed by atoms with E-state index in [-0.39, 0.29) is 17.7 Å². The first-order valence-electron chi connectivity index (χ1n) is 9.07. The minimum Gasteiger partial charge on any atom is -0.399 e. The maximum absolute atomic E-state index is 13.7. The third-order valence-corrected chi connectivity index (χ3v) is 4.25. The maximum Gasteiger partial charge on any atom is 0.261 e. The Hall–Kier alpha value is -4.41. The fourth-order valence-electron chi connectivity index (χ4n) is 2.81. The van der Waals surface area contributed by atoms with Crippen molar-refractivity contribution in [2.75, 3.05) is 11.1 Å². The zero-order valence-corrected chi connectivity index (χ0v) is 15.9. The number of aromatic nitrogens is 6. The molecule has 0 amide bonds. The molecule has 0 radical (unpaired) electrons. The van der Waals surface area contributed by atoms with Gasteiger partial charge in [-0.15, -0.1) is 0 Å². The van der Waals surface area contributed by atoms with Crippen LogP contribution in [0.4, 0.5) is 20.3 Å². The van der Waals surface area contributed by atoms with Gasteiger partial charge in [0.25, 0.3) is 5.56 Å². The summed E-state index contributed by atoms with van der Waals surface area (Å²) in [6.07, 6.45) is 2.90. The van der Waals surface area contributed by atoms with Gasteiger partial charge in [-0.05, 0) is 36.4 Å². The SMILES string of the molecule is Nc1ccc(F)cc1.O=c1[nH]c(CNc2ncnc3nc[nH]c23)nc2cccc(F)c12. The number of hydrogen-bond acceptors (Lipinski definition) is 7. The van der Waals surface area contributed by atoms with Gasteiger partial charge in [0, 0.05) is 5.69 Å². The van der Waals surface area contributed by atoms with E-state index in [2.05, 4.69) is 35.2 Å². The molecule has 3 aromatic heterocycles. The molecule has 0 bridgehead atoms. The Morgan fingerprint density at radius 1 is 1.03 bits per heavy atom. The second-order valence-corrected chi connectivity index (χ2v) is 6.38. The first-order valence-corrected chi connectivity index (χ1v) is 9.07. The van der Waals surface area contributed by atoms with Crippen molar-refractivity contribution in [3.63, 3.8) is 0 Å². The van der Waals surface area contributed by atoms with Crippen LogP contribution in [0.5, 0.6) is 0 Å². The summed E-state index contributed by atoms with van der Waals surface area (Å²) >= 11 is 0. The van der Waals surface area contributed by atoms with Gasteiger partial charge >= 0.3 is 0 Å². The standard InChI is InChI=1S/C14H10FN7O.C6H6FN/c15-7-2-1-3-8-10(7)14(23)22-9(21-8)4-16-12-11-13(18-5-17-11)20-6-19-12;7-5-1-3-6(8)4-2-5/h1-3,5-6H,4H2,(H,21,22,23)(H2,16,17,18,19,20);1-4H,8H2. The number of fused-ring (bicyclic) bond motifs is 2. The molecule has 0 atom stereocenters. The van der Waals surface area contributed by atoms with Crippen LogP contribution in [0.25, 0.3) is 22.1 Å². The van der Waals surface area contributed by atoms with Gasteiger partial charge in [-0.1, -0.05) is 6.07 Å². The van der Waals surface area contributed by atoms with Crippen molar-refractivity contribution >= 4 is 33.6 Å². The number of hydrogen-bond donors (Lipinski definition) is 4. The third-order valence-electron chi connectivity index (χ3n) is 4.25. The molecule has 5 aromatic rings. The molecular weight excluding hydrogens is 406 g/mol. The molecule has 5 N–H and O–H groups in total. The number of nitrogens with one attached hydrogen (secondary N) is 3. The minimum absolute atomic E-state index is 0.0470. The molecule has 0 spiro atoms. The molecule has 2 aromatic carbocycles. The number of aromatic amines is 2. The van der Waals surface area contributed by atoms with Gasteiger partial charge in [-0.3, -0.25) is 4.79 Å². The molecule has 31 heavy (non-hydrogen) atoms. The van der Waals surface area contributed by atoms with Crippen LogP contribution in [0.2, 0.25) is 0 Å². The minimum atomic E-state index is -0.592. The monoisotopic (exact) mass is 422 g/mol. The van der Waals surface area contributed by atoms with Crippen molar-refractivity contribution in [3.8, 4) is 0 Å². The summed E-state index contributed by atoms with van der Waals surface area (Å²) in [5, 5.41) is 3.00. The first-order chi connectivity index (χ1) is 15.0. The van der Waals surface area contributed by atoms with Crippen LogP contribution in [0.1, 0.15) is 5.82 Å². The highest BCUT2D eigenvalue weighted by Crippen LogP contribution is 2.15. The highest BCUT2D eigenvalue weighted by Gasteiger charge is 2.10. The van der Waals surface area contributed by atoms with Gasteiger partial charge in [0.2, 0.25) is 0 Å². The lowest BCUT2D eigenvalue weighted by molar-refractivity contribution is 0.628. The summed E-state index contributed by atoms with van der Waals surface area (Å²) < 4.78 is 25.7. The van der Waals surface area contributed by atoms with E-state index in [4.69, 9.17) is 5.73 Å². The third kappa shape index (κ3) is 4.45. The van der Waals surface area contributed by atoms with Crippen LogP contribution >= 0.6 is 0 Å². The summed E-state index contributed by atoms with van der Waals surface area (Å²) in [4.78, 5) is 33.9. The van der Waals surface area contributed by atoms with Gasteiger partial charge < -0.3 is 21.0 Å². The van der Waals surface area contributed by atoms with Gasteiger partial charge in [0.1, 0.15) is 34.7 Å². The fourth-order valence-corrected chi connectivity index (χ4v) is 2.81. The molecule has 3 heterocycles. The second-order valence-electron chi connectivity index (χ2n) is 6.38. The Kier molecular flexibility index (Phi) is 5.47. The number of imidazole rings is 1. The topological polar surface area (TPSA) is 138 Å². The zero-order valence-electron chi connectivity index (χ0n) is 15.9. The number of benzene rings is 2. The summed E-state index contributed by atoms with van der Waals surface area (Å²) in [6.45, 7) is 0.215. The van der Waals surface area contributed by atoms with Crippen LogP contribution in [-0.4, -0.2) is 29.9 Å². The van der Waals surface area contributed by atoms with Gasteiger partial charge in [0.15, 0.2) is 11.5 Å². The normalized spacial score (nSPS) is 10.6. The van der Waals surface area contributed by atoms with Gasteiger partial charge in [-0.25, -0.2) is 28.7 Å². The quantitative estimate of drug-likeness (QED) is 0.328. The van der Waals surface area contributed by atoms with E-state index in [9.17, 15) is 13.6 Å². The van der Waals surface area contributed by atoms with Crippen LogP contribution in [0.15, 0.2) is 59.9 Å². The summed E-state index contributed by atoms with van der Waals surface area (Å²) in [5.74, 6) is 0.0683. The van der Waals surface area contributed by atoms with E-state index in [0.29, 0.717) is 34.0 Å². The number of anilines is 2. The highest BCUT2D eigenvalue weighted by atomic mass is 19.1. The predicted octanol–water partition coefficient (Wildman–Crippen LogP) is 2.75. The van der Waals surface area contributed by atoms with E-state index in [0.717, 1.165) is 0 Å². The van der Waals surface area contributed by atoms with Crippen LogP contribution in [0.3, 0.4) is 0 Å². The molecule has 0 fully saturated rings. The van der Waals surface area contributed by atoms with E-state index in [1.165, 1.54) is 49.1 Å². The Morgan fingerprint density at radius 3 is 2.61 bits per heavy atom. The van der Waals surface area contributed by atoms with Crippen LogP contribution in [0, 0.1) is 11.6 Å². The number of H-pyrrole nitrogens is 2. The number of rotatable bonds is 3. The molecule has 11 heteroatoms. The van der Waals surface area contributed by atoms with E-state index in [1.54, 1.807) is 6.07 Å². The predicted molar refractivity (Wildman–Crippen MR) is 112 cm³/mol. The number of halogens is 2. The molecular formula is C20H16F2N8O. The van der Waals surface area contributed by atoms with Crippen LogP contribution in [-0.2, 0) is 6.54 Å². The molecule has 0 unspecified atom stereocenters. The fraction of sp³-hybridized carbons (Fsp3) is 0.0500. The van der Waals surface area contributed by atoms with E-state index < -0.39 is 11.4 Å².